The van der Waals surface area contributed by atoms with Crippen molar-refractivity contribution in [2.75, 3.05) is 16.3 Å². The fourth-order valence-electron chi connectivity index (χ4n) is 4.64. The number of fused-ring (bicyclic) bond motifs is 2. The Balaban J connectivity index is 1.33. The second kappa shape index (κ2) is 12.7. The first-order chi connectivity index (χ1) is 23.4. The number of hydrazine groups is 3. The van der Waals surface area contributed by atoms with Crippen LogP contribution in [0.15, 0.2) is 153 Å². The second-order valence-electron chi connectivity index (χ2n) is 10.3. The van der Waals surface area contributed by atoms with Crippen molar-refractivity contribution >= 4 is 56.7 Å². The Hall–Kier alpha value is -7.20. The molecular formula is C32H24N12O4. The van der Waals surface area contributed by atoms with Crippen molar-refractivity contribution in [2.24, 2.45) is 20.5 Å². The molecule has 1 aliphatic heterocycles. The fraction of sp³-hybridized carbons (Fsp3) is 0. The van der Waals surface area contributed by atoms with E-state index in [1.54, 1.807) is 24.3 Å². The van der Waals surface area contributed by atoms with Crippen LogP contribution < -0.4 is 21.7 Å². The molecule has 48 heavy (non-hydrogen) atoms. The first-order valence-electron chi connectivity index (χ1n) is 14.3. The molecule has 2 heterocycles. The highest BCUT2D eigenvalue weighted by Crippen LogP contribution is 2.50. The molecule has 236 valence electrons. The molecule has 4 aromatic rings. The highest BCUT2D eigenvalue weighted by atomic mass is 16.3. The summed E-state index contributed by atoms with van der Waals surface area (Å²) < 4.78 is 0. The number of carbonyl (C=O) groups is 2. The van der Waals surface area contributed by atoms with Crippen molar-refractivity contribution in [3.05, 3.63) is 132 Å². The van der Waals surface area contributed by atoms with Crippen LogP contribution in [0.2, 0.25) is 0 Å². The highest BCUT2D eigenvalue weighted by Gasteiger charge is 2.31. The van der Waals surface area contributed by atoms with Crippen LogP contribution in [0.3, 0.4) is 0 Å². The van der Waals surface area contributed by atoms with Crippen LogP contribution in [-0.4, -0.2) is 42.1 Å². The van der Waals surface area contributed by atoms with Crippen molar-refractivity contribution in [2.45, 2.75) is 0 Å². The number of aromatic nitrogens is 3. The van der Waals surface area contributed by atoms with Gasteiger partial charge in [-0.3, -0.25) is 31.3 Å². The maximum Gasteiger partial charge on any atom is 0.182 e. The van der Waals surface area contributed by atoms with E-state index in [9.17, 15) is 19.8 Å². The number of benzene rings is 3. The van der Waals surface area contributed by atoms with Crippen LogP contribution in [0.5, 0.6) is 0 Å². The summed E-state index contributed by atoms with van der Waals surface area (Å²) in [4.78, 5) is 24.4. The molecule has 0 bridgehead atoms. The molecule has 0 amide bonds. The normalized spacial score (nSPS) is 17.7. The molecule has 3 aliphatic rings. The third-order valence-electron chi connectivity index (χ3n) is 6.96. The highest BCUT2D eigenvalue weighted by molar-refractivity contribution is 6.09. The van der Waals surface area contributed by atoms with Crippen molar-refractivity contribution < 1.29 is 19.8 Å². The number of hydrogen-bond donors (Lipinski definition) is 6. The number of allylic oxidation sites excluding steroid dienone is 6. The van der Waals surface area contributed by atoms with Crippen molar-refractivity contribution in [1.29, 1.82) is 0 Å². The summed E-state index contributed by atoms with van der Waals surface area (Å²) in [6.07, 6.45) is 10.7. The molecule has 6 N–H and O–H groups in total. The third kappa shape index (κ3) is 6.17. The molecule has 3 aromatic carbocycles. The zero-order chi connectivity index (χ0) is 33.0. The summed E-state index contributed by atoms with van der Waals surface area (Å²) >= 11 is 0. The fourth-order valence-corrected chi connectivity index (χ4v) is 4.64. The minimum Gasteiger partial charge on any atom is -0.507 e. The Morgan fingerprint density at radius 1 is 0.625 bits per heavy atom. The Morgan fingerprint density at radius 3 is 1.54 bits per heavy atom. The molecule has 0 atom stereocenters. The van der Waals surface area contributed by atoms with Crippen molar-refractivity contribution in [3.63, 3.8) is 0 Å². The van der Waals surface area contributed by atoms with Gasteiger partial charge in [-0.2, -0.15) is 10.2 Å². The van der Waals surface area contributed by atoms with Crippen LogP contribution in [0, 0.1) is 0 Å². The molecule has 16 heteroatoms. The number of rotatable bonds is 8. The van der Waals surface area contributed by atoms with Crippen LogP contribution in [0.25, 0.3) is 11.0 Å². The first-order valence-corrected chi connectivity index (χ1v) is 14.3. The lowest BCUT2D eigenvalue weighted by atomic mass is 10.1. The number of azo groups is 2. The largest absolute Gasteiger partial charge is 0.507 e. The molecule has 0 radical (unpaired) electrons. The molecule has 0 unspecified atom stereocenters. The number of anilines is 2. The topological polar surface area (TPSA) is 206 Å². The van der Waals surface area contributed by atoms with Gasteiger partial charge in [-0.15, -0.1) is 20.4 Å². The van der Waals surface area contributed by atoms with Gasteiger partial charge in [-0.25, -0.2) is 0 Å². The Kier molecular flexibility index (Phi) is 7.78. The van der Waals surface area contributed by atoms with Crippen molar-refractivity contribution in [1.82, 2.24) is 25.8 Å². The summed E-state index contributed by atoms with van der Waals surface area (Å²) in [5, 5.41) is 48.9. The van der Waals surface area contributed by atoms with Gasteiger partial charge < -0.3 is 10.2 Å². The molecule has 1 aromatic heterocycles. The monoisotopic (exact) mass is 640 g/mol. The minimum atomic E-state index is -0.331. The summed E-state index contributed by atoms with van der Waals surface area (Å²) in [6.45, 7) is 0. The first kappa shape index (κ1) is 29.5. The number of ketones is 2. The SMILES string of the molecule is O=C1C=CC(=CNN2Nc3c(c(N=Nc4ccccc4)c4nn(NC=C5C=CC(=O)C=C5O)nc4c3N=Nc3ccccc3)N2)C(O)=C1. The molecular weight excluding hydrogens is 616 g/mol. The zero-order valence-electron chi connectivity index (χ0n) is 24.7. The van der Waals surface area contributed by atoms with Gasteiger partial charge in [0.05, 0.1) is 11.4 Å². The number of nitrogens with one attached hydrogen (secondary N) is 4. The standard InChI is InChI=1S/C32H24N12O4/c45-23-13-11-19(25(47)15-23)17-33-43-39-29-27(37-35-21-7-3-1-4-8-21)30-32(28(31(29)41-43)38-36-22-9-5-2-6-10-22)42-44(40-30)34-18-20-12-14-24(46)16-26(20)48/h1-18,33-34,39,41,47-48H. The third-order valence-corrected chi connectivity index (χ3v) is 6.96. The van der Waals surface area contributed by atoms with E-state index >= 15 is 0 Å². The zero-order valence-corrected chi connectivity index (χ0v) is 24.7. The predicted octanol–water partition coefficient (Wildman–Crippen LogP) is 6.21. The van der Waals surface area contributed by atoms with Crippen LogP contribution in [0.1, 0.15) is 0 Å². The van der Waals surface area contributed by atoms with E-state index in [0.717, 1.165) is 12.2 Å². The van der Waals surface area contributed by atoms with E-state index < -0.39 is 0 Å². The number of aliphatic hydroxyl groups is 2. The number of hydrogen-bond acceptors (Lipinski definition) is 15. The molecule has 0 fully saturated rings. The van der Waals surface area contributed by atoms with Crippen LogP contribution in [0.4, 0.5) is 34.1 Å². The second-order valence-corrected chi connectivity index (χ2v) is 10.3. The smallest absolute Gasteiger partial charge is 0.182 e. The quantitative estimate of drug-likeness (QED) is 0.119. The van der Waals surface area contributed by atoms with E-state index in [1.165, 1.54) is 46.8 Å². The van der Waals surface area contributed by atoms with Crippen LogP contribution >= 0.6 is 0 Å². The lowest BCUT2D eigenvalue weighted by molar-refractivity contribution is -0.111. The maximum atomic E-state index is 11.6. The summed E-state index contributed by atoms with van der Waals surface area (Å²) in [6, 6.07) is 18.3. The molecule has 7 rings (SSSR count). The summed E-state index contributed by atoms with van der Waals surface area (Å²) in [5.41, 5.74) is 16.1. The van der Waals surface area contributed by atoms with E-state index in [-0.39, 0.29) is 23.1 Å². The van der Waals surface area contributed by atoms with Gasteiger partial charge in [0, 0.05) is 35.7 Å². The predicted molar refractivity (Wildman–Crippen MR) is 176 cm³/mol. The van der Waals surface area contributed by atoms with Gasteiger partial charge in [-0.05, 0) is 53.8 Å². The molecule has 0 saturated heterocycles. The van der Waals surface area contributed by atoms with Gasteiger partial charge in [0.2, 0.25) is 0 Å². The van der Waals surface area contributed by atoms with Gasteiger partial charge >= 0.3 is 0 Å². The number of carbonyl (C=O) groups excluding carboxylic acids is 2. The number of nitrogens with zero attached hydrogens (tertiary/aromatic N) is 8. The Bertz CT molecular complexity index is 2100. The van der Waals surface area contributed by atoms with Gasteiger partial charge in [-0.1, -0.05) is 41.3 Å². The molecule has 0 spiro atoms. The lowest BCUT2D eigenvalue weighted by Crippen LogP contribution is -2.39. The molecule has 2 aliphatic carbocycles. The number of aliphatic hydroxyl groups excluding tert-OH is 2. The molecule has 16 nitrogen and oxygen atoms in total. The Morgan fingerprint density at radius 2 is 1.08 bits per heavy atom. The average molecular weight is 641 g/mol. The average Bonchev–Trinajstić information content (AvgIpc) is 3.71. The van der Waals surface area contributed by atoms with Gasteiger partial charge in [0.25, 0.3) is 0 Å². The van der Waals surface area contributed by atoms with E-state index in [4.69, 9.17) is 0 Å². The summed E-state index contributed by atoms with van der Waals surface area (Å²) in [5.74, 6) is -1.06. The Labute approximate surface area is 271 Å². The van der Waals surface area contributed by atoms with Crippen LogP contribution in [-0.2, 0) is 9.59 Å². The van der Waals surface area contributed by atoms with Gasteiger partial charge in [0.15, 0.2) is 11.6 Å². The van der Waals surface area contributed by atoms with E-state index in [1.807, 2.05) is 36.4 Å². The molecule has 0 saturated carbocycles. The lowest BCUT2D eigenvalue weighted by Gasteiger charge is -2.17. The van der Waals surface area contributed by atoms with Gasteiger partial charge in [0.1, 0.15) is 45.3 Å². The van der Waals surface area contributed by atoms with E-state index in [2.05, 4.69) is 52.4 Å². The van der Waals surface area contributed by atoms with Crippen molar-refractivity contribution in [3.8, 4) is 0 Å². The minimum absolute atomic E-state index is 0.195. The summed E-state index contributed by atoms with van der Waals surface area (Å²) in [7, 11) is 0. The van der Waals surface area contributed by atoms with E-state index in [0.29, 0.717) is 56.3 Å². The maximum absolute atomic E-state index is 11.6.